The van der Waals surface area contributed by atoms with Crippen molar-refractivity contribution in [2.24, 2.45) is 0 Å². The van der Waals surface area contributed by atoms with E-state index in [9.17, 15) is 0 Å². The lowest BCUT2D eigenvalue weighted by Crippen LogP contribution is -2.21. The summed E-state index contributed by atoms with van der Waals surface area (Å²) in [4.78, 5) is 2.63. The molecule has 2 nitrogen and oxygen atoms in total. The number of benzene rings is 1. The smallest absolute Gasteiger partial charge is 0.137 e. The minimum absolute atomic E-state index is 0.190. The van der Waals surface area contributed by atoms with E-state index in [4.69, 9.17) is 16.3 Å². The van der Waals surface area contributed by atoms with Gasteiger partial charge >= 0.3 is 0 Å². The van der Waals surface area contributed by atoms with Crippen LogP contribution in [0.4, 0.5) is 0 Å². The number of rotatable bonds is 5. The van der Waals surface area contributed by atoms with Crippen LogP contribution >= 0.6 is 22.9 Å². The molecule has 1 unspecified atom stereocenters. The van der Waals surface area contributed by atoms with Crippen LogP contribution < -0.4 is 10.1 Å². The van der Waals surface area contributed by atoms with Gasteiger partial charge in [-0.25, -0.2) is 0 Å². The van der Waals surface area contributed by atoms with Gasteiger partial charge < -0.3 is 10.1 Å². The van der Waals surface area contributed by atoms with Crippen LogP contribution in [-0.4, -0.2) is 13.7 Å². The average Bonchev–Trinajstić information content (AvgIpc) is 2.83. The fraction of sp³-hybridized carbons (Fsp3) is 0.333. The molecule has 0 aliphatic rings. The van der Waals surface area contributed by atoms with Crippen LogP contribution in [0.3, 0.4) is 0 Å². The molecule has 0 radical (unpaired) electrons. The van der Waals surface area contributed by atoms with Gasteiger partial charge in [0.15, 0.2) is 0 Å². The van der Waals surface area contributed by atoms with E-state index in [0.29, 0.717) is 5.02 Å². The first-order valence-electron chi connectivity index (χ1n) is 6.29. The second kappa shape index (κ2) is 6.42. The van der Waals surface area contributed by atoms with Crippen molar-refractivity contribution in [3.8, 4) is 5.75 Å². The zero-order valence-corrected chi connectivity index (χ0v) is 12.9. The Kier molecular flexibility index (Phi) is 4.86. The molecule has 0 saturated carbocycles. The molecule has 0 saturated heterocycles. The summed E-state index contributed by atoms with van der Waals surface area (Å²) in [6.07, 6.45) is 0. The van der Waals surface area contributed by atoms with Gasteiger partial charge in [-0.15, -0.1) is 11.3 Å². The average molecular weight is 296 g/mol. The molecule has 0 aliphatic carbocycles. The summed E-state index contributed by atoms with van der Waals surface area (Å²) in [5.74, 6) is 0.718. The number of hydrogen-bond donors (Lipinski definition) is 1. The number of ether oxygens (including phenoxy) is 1. The number of hydrogen-bond acceptors (Lipinski definition) is 3. The molecule has 1 aromatic carbocycles. The van der Waals surface area contributed by atoms with Gasteiger partial charge in [-0.3, -0.25) is 0 Å². The summed E-state index contributed by atoms with van der Waals surface area (Å²) in [7, 11) is 1.64. The molecule has 0 amide bonds. The highest BCUT2D eigenvalue weighted by molar-refractivity contribution is 7.12. The van der Waals surface area contributed by atoms with E-state index in [2.05, 4.69) is 31.3 Å². The molecule has 0 spiro atoms. The summed E-state index contributed by atoms with van der Waals surface area (Å²) < 4.78 is 5.30. The van der Waals surface area contributed by atoms with Crippen molar-refractivity contribution in [1.82, 2.24) is 5.32 Å². The molecule has 0 bridgehead atoms. The molecular formula is C15H18ClNOS. The standard InChI is InChI=1S/C15H18ClNOS/c1-4-17-15(14-8-5-10(2)19-14)11-6-7-12(16)13(9-11)18-3/h5-9,15,17H,4H2,1-3H3. The quantitative estimate of drug-likeness (QED) is 0.882. The highest BCUT2D eigenvalue weighted by Gasteiger charge is 2.16. The lowest BCUT2D eigenvalue weighted by atomic mass is 10.0. The summed E-state index contributed by atoms with van der Waals surface area (Å²) in [5.41, 5.74) is 1.17. The van der Waals surface area contributed by atoms with Gasteiger partial charge in [0.05, 0.1) is 18.2 Å². The van der Waals surface area contributed by atoms with Gasteiger partial charge in [0.1, 0.15) is 5.75 Å². The fourth-order valence-corrected chi connectivity index (χ4v) is 3.23. The zero-order chi connectivity index (χ0) is 13.8. The molecule has 1 aromatic heterocycles. The SMILES string of the molecule is CCNC(c1ccc(Cl)c(OC)c1)c1ccc(C)s1. The molecule has 4 heteroatoms. The summed E-state index contributed by atoms with van der Waals surface area (Å²) in [6.45, 7) is 5.15. The molecule has 0 aliphatic heterocycles. The highest BCUT2D eigenvalue weighted by Crippen LogP contribution is 2.33. The predicted octanol–water partition coefficient (Wildman–Crippen LogP) is 4.42. The van der Waals surface area contributed by atoms with E-state index >= 15 is 0 Å². The maximum Gasteiger partial charge on any atom is 0.137 e. The van der Waals surface area contributed by atoms with Crippen LogP contribution in [0, 0.1) is 6.92 Å². The van der Waals surface area contributed by atoms with E-state index in [0.717, 1.165) is 12.3 Å². The molecule has 19 heavy (non-hydrogen) atoms. The number of methoxy groups -OCH3 is 1. The first-order valence-corrected chi connectivity index (χ1v) is 7.48. The van der Waals surface area contributed by atoms with Crippen molar-refractivity contribution >= 4 is 22.9 Å². The number of halogens is 1. The zero-order valence-electron chi connectivity index (χ0n) is 11.4. The molecule has 1 atom stereocenters. The Bertz CT molecular complexity index is 553. The molecule has 102 valence electrons. The van der Waals surface area contributed by atoms with Crippen molar-refractivity contribution in [2.75, 3.05) is 13.7 Å². The van der Waals surface area contributed by atoms with Crippen LogP contribution in [0.1, 0.15) is 28.3 Å². The molecule has 0 fully saturated rings. The largest absolute Gasteiger partial charge is 0.495 e. The van der Waals surface area contributed by atoms with Gasteiger partial charge in [0.25, 0.3) is 0 Å². The Labute approximate surface area is 123 Å². The fourth-order valence-electron chi connectivity index (χ4n) is 2.05. The normalized spacial score (nSPS) is 12.4. The minimum Gasteiger partial charge on any atom is -0.495 e. The third-order valence-corrected chi connectivity index (χ3v) is 4.34. The van der Waals surface area contributed by atoms with Gasteiger partial charge in [0.2, 0.25) is 0 Å². The summed E-state index contributed by atoms with van der Waals surface area (Å²) in [6, 6.07) is 10.5. The molecule has 2 aromatic rings. The molecule has 1 N–H and O–H groups in total. The first kappa shape index (κ1) is 14.4. The Balaban J connectivity index is 2.38. The van der Waals surface area contributed by atoms with Crippen LogP contribution in [0.25, 0.3) is 0 Å². The third-order valence-electron chi connectivity index (χ3n) is 2.96. The van der Waals surface area contributed by atoms with Crippen molar-refractivity contribution < 1.29 is 4.74 Å². The van der Waals surface area contributed by atoms with Crippen molar-refractivity contribution in [1.29, 1.82) is 0 Å². The third kappa shape index (κ3) is 3.30. The number of nitrogens with one attached hydrogen (secondary N) is 1. The van der Waals surface area contributed by atoms with Gasteiger partial charge in [-0.05, 0) is 43.3 Å². The van der Waals surface area contributed by atoms with Crippen LogP contribution in [0.15, 0.2) is 30.3 Å². The second-order valence-electron chi connectivity index (χ2n) is 4.33. The van der Waals surface area contributed by atoms with E-state index in [-0.39, 0.29) is 6.04 Å². The monoisotopic (exact) mass is 295 g/mol. The highest BCUT2D eigenvalue weighted by atomic mass is 35.5. The van der Waals surface area contributed by atoms with E-state index in [1.54, 1.807) is 7.11 Å². The Morgan fingerprint density at radius 2 is 2.11 bits per heavy atom. The van der Waals surface area contributed by atoms with E-state index in [1.807, 2.05) is 29.5 Å². The molecule has 2 rings (SSSR count). The van der Waals surface area contributed by atoms with E-state index < -0.39 is 0 Å². The van der Waals surface area contributed by atoms with Crippen molar-refractivity contribution in [2.45, 2.75) is 19.9 Å². The predicted molar refractivity (Wildman–Crippen MR) is 82.6 cm³/mol. The van der Waals surface area contributed by atoms with Crippen molar-refractivity contribution in [3.63, 3.8) is 0 Å². The maximum absolute atomic E-state index is 6.09. The summed E-state index contributed by atoms with van der Waals surface area (Å²) >= 11 is 7.90. The molecule has 1 heterocycles. The maximum atomic E-state index is 6.09. The van der Waals surface area contributed by atoms with Crippen molar-refractivity contribution in [3.05, 3.63) is 50.7 Å². The van der Waals surface area contributed by atoms with Crippen LogP contribution in [-0.2, 0) is 0 Å². The Hall–Kier alpha value is -1.03. The minimum atomic E-state index is 0.190. The number of aryl methyl sites for hydroxylation is 1. The summed E-state index contributed by atoms with van der Waals surface area (Å²) in [5, 5.41) is 4.15. The molecular weight excluding hydrogens is 278 g/mol. The van der Waals surface area contributed by atoms with Gasteiger partial charge in [-0.2, -0.15) is 0 Å². The topological polar surface area (TPSA) is 21.3 Å². The lowest BCUT2D eigenvalue weighted by molar-refractivity contribution is 0.414. The Morgan fingerprint density at radius 3 is 2.68 bits per heavy atom. The lowest BCUT2D eigenvalue weighted by Gasteiger charge is -2.18. The van der Waals surface area contributed by atoms with Gasteiger partial charge in [0, 0.05) is 9.75 Å². The van der Waals surface area contributed by atoms with Crippen LogP contribution in [0.5, 0.6) is 5.75 Å². The number of thiophene rings is 1. The van der Waals surface area contributed by atoms with Crippen LogP contribution in [0.2, 0.25) is 5.02 Å². The Morgan fingerprint density at radius 1 is 1.32 bits per heavy atom. The van der Waals surface area contributed by atoms with Gasteiger partial charge in [-0.1, -0.05) is 24.6 Å². The van der Waals surface area contributed by atoms with E-state index in [1.165, 1.54) is 15.3 Å². The second-order valence-corrected chi connectivity index (χ2v) is 6.06. The first-order chi connectivity index (χ1) is 9.15.